The fourth-order valence-electron chi connectivity index (χ4n) is 4.13. The van der Waals surface area contributed by atoms with Crippen molar-refractivity contribution in [1.29, 1.82) is 0 Å². The zero-order valence-electron chi connectivity index (χ0n) is 21.3. The van der Waals surface area contributed by atoms with Crippen LogP contribution in [0.15, 0.2) is 103 Å². The predicted molar refractivity (Wildman–Crippen MR) is 153 cm³/mol. The highest BCUT2D eigenvalue weighted by Gasteiger charge is 2.22. The molecule has 0 aliphatic carbocycles. The standard InChI is InChI=1S/C31H28N4O2S/c1-22-10-14-25(15-11-22)27-20-35(26-16-12-23(2)13-17-26)31(32-27)33-29(36)21-34(19-24-7-4-3-5-8-24)30(37)28-9-6-18-38-28/h3-18,20H,19,21H2,1-2H3,(H,32,33,36). The van der Waals surface area contributed by atoms with Crippen LogP contribution in [0.25, 0.3) is 16.9 Å². The quantitative estimate of drug-likeness (QED) is 0.254. The largest absolute Gasteiger partial charge is 0.324 e. The lowest BCUT2D eigenvalue weighted by Crippen LogP contribution is -2.37. The topological polar surface area (TPSA) is 67.2 Å². The Hall–Kier alpha value is -4.49. The van der Waals surface area contributed by atoms with Gasteiger partial charge in [-0.05, 0) is 43.0 Å². The molecule has 3 aromatic carbocycles. The highest BCUT2D eigenvalue weighted by atomic mass is 32.1. The number of carbonyl (C=O) groups is 2. The molecule has 190 valence electrons. The Morgan fingerprint density at radius 2 is 1.55 bits per heavy atom. The maximum atomic E-state index is 13.4. The summed E-state index contributed by atoms with van der Waals surface area (Å²) in [6.45, 7) is 4.29. The fraction of sp³-hybridized carbons (Fsp3) is 0.129. The third-order valence-corrected chi connectivity index (χ3v) is 7.04. The molecule has 0 atom stereocenters. The van der Waals surface area contributed by atoms with Crippen LogP contribution in [0, 0.1) is 13.8 Å². The van der Waals surface area contributed by atoms with Gasteiger partial charge >= 0.3 is 0 Å². The van der Waals surface area contributed by atoms with Crippen molar-refractivity contribution in [3.05, 3.63) is 124 Å². The summed E-state index contributed by atoms with van der Waals surface area (Å²) in [5.74, 6) is -0.0980. The molecule has 2 aromatic heterocycles. The second-order valence-corrected chi connectivity index (χ2v) is 10.1. The fourth-order valence-corrected chi connectivity index (χ4v) is 4.82. The van der Waals surface area contributed by atoms with Crippen molar-refractivity contribution in [3.63, 3.8) is 0 Å². The first-order valence-electron chi connectivity index (χ1n) is 12.4. The highest BCUT2D eigenvalue weighted by molar-refractivity contribution is 7.12. The minimum atomic E-state index is -0.319. The highest BCUT2D eigenvalue weighted by Crippen LogP contribution is 2.25. The zero-order chi connectivity index (χ0) is 26.5. The van der Waals surface area contributed by atoms with Crippen molar-refractivity contribution >= 4 is 29.1 Å². The average molecular weight is 521 g/mol. The summed E-state index contributed by atoms with van der Waals surface area (Å²) in [4.78, 5) is 33.6. The second kappa shape index (κ2) is 11.3. The normalized spacial score (nSPS) is 10.8. The number of hydrogen-bond acceptors (Lipinski definition) is 4. The van der Waals surface area contributed by atoms with Crippen LogP contribution in [-0.4, -0.2) is 32.8 Å². The summed E-state index contributed by atoms with van der Waals surface area (Å²) in [6, 6.07) is 29.4. The van der Waals surface area contributed by atoms with Gasteiger partial charge in [0.15, 0.2) is 0 Å². The van der Waals surface area contributed by atoms with Crippen molar-refractivity contribution in [3.8, 4) is 16.9 Å². The molecule has 1 N–H and O–H groups in total. The van der Waals surface area contributed by atoms with Crippen molar-refractivity contribution in [1.82, 2.24) is 14.5 Å². The SMILES string of the molecule is Cc1ccc(-c2cn(-c3ccc(C)cc3)c(NC(=O)CN(Cc3ccccc3)C(=O)c3cccs3)n2)cc1. The van der Waals surface area contributed by atoms with E-state index < -0.39 is 0 Å². The molecule has 0 fully saturated rings. The number of thiophene rings is 1. The molecule has 0 saturated carbocycles. The minimum Gasteiger partial charge on any atom is -0.324 e. The van der Waals surface area contributed by atoms with E-state index in [9.17, 15) is 9.59 Å². The van der Waals surface area contributed by atoms with Gasteiger partial charge in [-0.15, -0.1) is 11.3 Å². The van der Waals surface area contributed by atoms with E-state index in [1.165, 1.54) is 11.3 Å². The third kappa shape index (κ3) is 5.90. The first-order chi connectivity index (χ1) is 18.5. The Morgan fingerprint density at radius 1 is 0.868 bits per heavy atom. The van der Waals surface area contributed by atoms with Gasteiger partial charge in [0.1, 0.15) is 6.54 Å². The maximum Gasteiger partial charge on any atom is 0.264 e. The number of aromatic nitrogens is 2. The Morgan fingerprint density at radius 3 is 2.21 bits per heavy atom. The maximum absolute atomic E-state index is 13.4. The number of nitrogens with zero attached hydrogens (tertiary/aromatic N) is 3. The van der Waals surface area contributed by atoms with Crippen LogP contribution in [0.4, 0.5) is 5.95 Å². The number of imidazole rings is 1. The predicted octanol–water partition coefficient (Wildman–Crippen LogP) is 6.50. The Balaban J connectivity index is 1.43. The van der Waals surface area contributed by atoms with E-state index in [-0.39, 0.29) is 18.4 Å². The number of anilines is 1. The van der Waals surface area contributed by atoms with Crippen LogP contribution in [0.3, 0.4) is 0 Å². The van der Waals surface area contributed by atoms with E-state index in [4.69, 9.17) is 4.98 Å². The van der Waals surface area contributed by atoms with Gasteiger partial charge in [-0.3, -0.25) is 19.5 Å². The minimum absolute atomic E-state index is 0.105. The molecular formula is C31H28N4O2S. The molecule has 0 aliphatic heterocycles. The van der Waals surface area contributed by atoms with Gasteiger partial charge in [0, 0.05) is 24.0 Å². The number of rotatable bonds is 8. The molecule has 38 heavy (non-hydrogen) atoms. The van der Waals surface area contributed by atoms with Gasteiger partial charge in [-0.25, -0.2) is 4.98 Å². The van der Waals surface area contributed by atoms with Gasteiger partial charge in [-0.2, -0.15) is 0 Å². The van der Waals surface area contributed by atoms with E-state index in [0.29, 0.717) is 17.4 Å². The van der Waals surface area contributed by atoms with Crippen LogP contribution in [0.1, 0.15) is 26.4 Å². The average Bonchev–Trinajstić information content (AvgIpc) is 3.60. The molecule has 7 heteroatoms. The number of nitrogens with one attached hydrogen (secondary N) is 1. The summed E-state index contributed by atoms with van der Waals surface area (Å²) in [5, 5.41) is 4.82. The Kier molecular flexibility index (Phi) is 7.47. The number of hydrogen-bond donors (Lipinski definition) is 1. The van der Waals surface area contributed by atoms with Crippen molar-refractivity contribution in [2.24, 2.45) is 0 Å². The van der Waals surface area contributed by atoms with Crippen molar-refractivity contribution in [2.75, 3.05) is 11.9 Å². The first kappa shape index (κ1) is 25.2. The van der Waals surface area contributed by atoms with Gasteiger partial charge < -0.3 is 4.90 Å². The van der Waals surface area contributed by atoms with E-state index in [0.717, 1.165) is 33.6 Å². The lowest BCUT2D eigenvalue weighted by molar-refractivity contribution is -0.117. The molecule has 0 unspecified atom stereocenters. The van der Waals surface area contributed by atoms with Crippen molar-refractivity contribution in [2.45, 2.75) is 20.4 Å². The number of amides is 2. The summed E-state index contributed by atoms with van der Waals surface area (Å²) in [7, 11) is 0. The molecule has 2 heterocycles. The second-order valence-electron chi connectivity index (χ2n) is 9.19. The number of aryl methyl sites for hydroxylation is 2. The Labute approximate surface area is 226 Å². The molecule has 0 aliphatic rings. The van der Waals surface area contributed by atoms with Crippen LogP contribution >= 0.6 is 11.3 Å². The van der Waals surface area contributed by atoms with E-state index in [1.807, 2.05) is 115 Å². The zero-order valence-corrected chi connectivity index (χ0v) is 22.1. The third-order valence-electron chi connectivity index (χ3n) is 6.19. The molecule has 5 rings (SSSR count). The van der Waals surface area contributed by atoms with Gasteiger partial charge in [0.05, 0.1) is 10.6 Å². The number of carbonyl (C=O) groups excluding carboxylic acids is 2. The molecule has 0 radical (unpaired) electrons. The summed E-state index contributed by atoms with van der Waals surface area (Å²) < 4.78 is 1.87. The van der Waals surface area contributed by atoms with Crippen LogP contribution < -0.4 is 5.32 Å². The van der Waals surface area contributed by atoms with Gasteiger partial charge in [0.25, 0.3) is 5.91 Å². The lowest BCUT2D eigenvalue weighted by atomic mass is 10.1. The van der Waals surface area contributed by atoms with Crippen LogP contribution in [0.2, 0.25) is 0 Å². The summed E-state index contributed by atoms with van der Waals surface area (Å²) in [5.41, 5.74) is 5.84. The molecular weight excluding hydrogens is 492 g/mol. The Bertz CT molecular complexity index is 1520. The molecule has 6 nitrogen and oxygen atoms in total. The van der Waals surface area contributed by atoms with Gasteiger partial charge in [-0.1, -0.05) is 83.9 Å². The van der Waals surface area contributed by atoms with Crippen LogP contribution in [-0.2, 0) is 11.3 Å². The summed E-state index contributed by atoms with van der Waals surface area (Å²) in [6.07, 6.45) is 1.92. The first-order valence-corrected chi connectivity index (χ1v) is 13.2. The molecule has 5 aromatic rings. The van der Waals surface area contributed by atoms with Crippen molar-refractivity contribution < 1.29 is 9.59 Å². The van der Waals surface area contributed by atoms with Crippen LogP contribution in [0.5, 0.6) is 0 Å². The lowest BCUT2D eigenvalue weighted by Gasteiger charge is -2.22. The molecule has 0 saturated heterocycles. The molecule has 0 bridgehead atoms. The van der Waals surface area contributed by atoms with Gasteiger partial charge in [0.2, 0.25) is 11.9 Å². The van der Waals surface area contributed by atoms with E-state index in [2.05, 4.69) is 5.32 Å². The van der Waals surface area contributed by atoms with E-state index >= 15 is 0 Å². The molecule has 2 amide bonds. The smallest absolute Gasteiger partial charge is 0.264 e. The number of benzene rings is 3. The molecule has 0 spiro atoms. The van der Waals surface area contributed by atoms with E-state index in [1.54, 1.807) is 11.0 Å². The monoisotopic (exact) mass is 520 g/mol. The summed E-state index contributed by atoms with van der Waals surface area (Å²) >= 11 is 1.36.